The number of carbonyl (C=O) groups is 1. The van der Waals surface area contributed by atoms with Gasteiger partial charge in [0.1, 0.15) is 4.83 Å². The van der Waals surface area contributed by atoms with Gasteiger partial charge in [-0.2, -0.15) is 0 Å². The van der Waals surface area contributed by atoms with Crippen LogP contribution in [0.3, 0.4) is 0 Å². The molecule has 6 heteroatoms. The minimum atomic E-state index is -0.162. The lowest BCUT2D eigenvalue weighted by atomic mass is 9.84. The highest BCUT2D eigenvalue weighted by Gasteiger charge is 2.30. The second-order valence-corrected chi connectivity index (χ2v) is 13.6. The van der Waals surface area contributed by atoms with Crippen molar-refractivity contribution < 1.29 is 9.21 Å². The molecule has 1 N–H and O–H groups in total. The fraction of sp³-hybridized carbons (Fsp3) is 0.471. The summed E-state index contributed by atoms with van der Waals surface area (Å²) in [6.07, 6.45) is 12.8. The number of hydrogen-bond donors (Lipinski definition) is 1. The Morgan fingerprint density at radius 1 is 1.02 bits per heavy atom. The van der Waals surface area contributed by atoms with Gasteiger partial charge in [0.25, 0.3) is 5.91 Å². The molecular formula is C34H41N3O2S. The number of piperidine rings is 1. The first-order chi connectivity index (χ1) is 19.4. The zero-order valence-corrected chi connectivity index (χ0v) is 24.9. The molecule has 0 spiro atoms. The van der Waals surface area contributed by atoms with Gasteiger partial charge < -0.3 is 14.6 Å². The van der Waals surface area contributed by atoms with Crippen molar-refractivity contribution in [1.82, 2.24) is 15.2 Å². The smallest absolute Gasteiger partial charge is 0.262 e. The molecule has 0 saturated carbocycles. The molecule has 6 rings (SSSR count). The lowest BCUT2D eigenvalue weighted by Crippen LogP contribution is -2.35. The third kappa shape index (κ3) is 5.75. The Morgan fingerprint density at radius 2 is 1.80 bits per heavy atom. The molecule has 40 heavy (non-hydrogen) atoms. The molecule has 3 aromatic heterocycles. The van der Waals surface area contributed by atoms with Crippen molar-refractivity contribution in [3.63, 3.8) is 0 Å². The number of likely N-dealkylation sites (tertiary alicyclic amines) is 1. The normalized spacial score (nSPS) is 17.1. The van der Waals surface area contributed by atoms with Crippen LogP contribution in [-0.4, -0.2) is 35.4 Å². The topological polar surface area (TPSA) is 58.4 Å². The van der Waals surface area contributed by atoms with E-state index in [2.05, 4.69) is 61.3 Å². The minimum Gasteiger partial charge on any atom is -0.472 e. The number of carbonyl (C=O) groups excluding carboxylic acids is 1. The molecule has 5 nitrogen and oxygen atoms in total. The monoisotopic (exact) mass is 555 g/mol. The number of pyridine rings is 1. The number of hydrogen-bond acceptors (Lipinski definition) is 5. The summed E-state index contributed by atoms with van der Waals surface area (Å²) in [6, 6.07) is 12.8. The van der Waals surface area contributed by atoms with Gasteiger partial charge in [0.05, 0.1) is 23.4 Å². The summed E-state index contributed by atoms with van der Waals surface area (Å²) in [5.74, 6) is 0.0217. The molecule has 1 saturated heterocycles. The largest absolute Gasteiger partial charge is 0.472 e. The fourth-order valence-corrected chi connectivity index (χ4v) is 7.71. The van der Waals surface area contributed by atoms with E-state index in [1.165, 1.54) is 43.4 Å². The maximum Gasteiger partial charge on any atom is 0.262 e. The van der Waals surface area contributed by atoms with Crippen molar-refractivity contribution in [2.45, 2.75) is 83.6 Å². The Bertz CT molecular complexity index is 1460. The van der Waals surface area contributed by atoms with Crippen LogP contribution in [0.25, 0.3) is 21.3 Å². The number of aromatic nitrogens is 1. The van der Waals surface area contributed by atoms with Gasteiger partial charge in [0.15, 0.2) is 0 Å². The highest BCUT2D eigenvalue weighted by molar-refractivity contribution is 7.20. The van der Waals surface area contributed by atoms with Crippen LogP contribution in [0.4, 0.5) is 0 Å². The number of thiophene rings is 1. The van der Waals surface area contributed by atoms with E-state index in [9.17, 15) is 4.79 Å². The molecule has 1 atom stereocenters. The van der Waals surface area contributed by atoms with Crippen LogP contribution in [0.1, 0.15) is 97.4 Å². The number of fused-ring (bicyclic) bond motifs is 2. The zero-order valence-electron chi connectivity index (χ0n) is 24.1. The van der Waals surface area contributed by atoms with Gasteiger partial charge in [-0.3, -0.25) is 4.79 Å². The molecule has 1 fully saturated rings. The Morgan fingerprint density at radius 3 is 2.52 bits per heavy atom. The molecule has 0 unspecified atom stereocenters. The van der Waals surface area contributed by atoms with Crippen molar-refractivity contribution in [2.24, 2.45) is 0 Å². The number of aryl methyl sites for hydroxylation is 2. The van der Waals surface area contributed by atoms with E-state index in [4.69, 9.17) is 9.40 Å². The van der Waals surface area contributed by atoms with Gasteiger partial charge >= 0.3 is 0 Å². The molecule has 1 aromatic carbocycles. The molecule has 4 aromatic rings. The highest BCUT2D eigenvalue weighted by atomic mass is 32.1. The predicted molar refractivity (Wildman–Crippen MR) is 164 cm³/mol. The van der Waals surface area contributed by atoms with Crippen molar-refractivity contribution in [2.75, 3.05) is 19.6 Å². The standard InChI is InChI=1S/C34H41N3O2S/c1-34(2,3)30-27-21-25-9-5-6-10-28(25)36-33(27)40-31(30)32(38)35-29(15-19-37-17-7-4-8-18-37)24-13-11-23(12-14-24)26-16-20-39-22-26/h11-14,16,20-22,29H,4-10,15,17-19H2,1-3H3,(H,35,38)/t29-/m1/s1. The van der Waals surface area contributed by atoms with E-state index >= 15 is 0 Å². The molecule has 210 valence electrons. The van der Waals surface area contributed by atoms with E-state index in [1.807, 2.05) is 6.07 Å². The van der Waals surface area contributed by atoms with E-state index in [-0.39, 0.29) is 17.4 Å². The van der Waals surface area contributed by atoms with E-state index < -0.39 is 0 Å². The third-order valence-electron chi connectivity index (χ3n) is 8.57. The van der Waals surface area contributed by atoms with Crippen molar-refractivity contribution in [3.05, 3.63) is 76.2 Å². The van der Waals surface area contributed by atoms with Gasteiger partial charge in [-0.05, 0) is 97.8 Å². The Labute approximate surface area is 242 Å². The van der Waals surface area contributed by atoms with Crippen molar-refractivity contribution >= 4 is 27.5 Å². The molecule has 1 amide bonds. The molecule has 1 aliphatic heterocycles. The van der Waals surface area contributed by atoms with Gasteiger partial charge in [-0.15, -0.1) is 11.3 Å². The van der Waals surface area contributed by atoms with Crippen molar-refractivity contribution in [1.29, 1.82) is 0 Å². The first-order valence-electron chi connectivity index (χ1n) is 15.0. The average Bonchev–Trinajstić information content (AvgIpc) is 3.63. The highest BCUT2D eigenvalue weighted by Crippen LogP contribution is 2.40. The van der Waals surface area contributed by atoms with Crippen LogP contribution >= 0.6 is 11.3 Å². The molecule has 0 radical (unpaired) electrons. The Kier molecular flexibility index (Phi) is 7.82. The van der Waals surface area contributed by atoms with Crippen LogP contribution in [0.5, 0.6) is 0 Å². The fourth-order valence-electron chi connectivity index (χ4n) is 6.42. The number of benzene rings is 1. The second kappa shape index (κ2) is 11.5. The molecule has 4 heterocycles. The van der Waals surface area contributed by atoms with E-state index in [0.717, 1.165) is 76.2 Å². The van der Waals surface area contributed by atoms with Gasteiger partial charge in [0, 0.05) is 23.2 Å². The second-order valence-electron chi connectivity index (χ2n) is 12.6. The molecular weight excluding hydrogens is 514 g/mol. The summed E-state index contributed by atoms with van der Waals surface area (Å²) < 4.78 is 5.28. The summed E-state index contributed by atoms with van der Waals surface area (Å²) in [5.41, 5.74) is 6.89. The summed E-state index contributed by atoms with van der Waals surface area (Å²) in [4.78, 5) is 23.6. The van der Waals surface area contributed by atoms with Crippen LogP contribution in [0.15, 0.2) is 53.3 Å². The Hall–Kier alpha value is -2.96. The lowest BCUT2D eigenvalue weighted by molar-refractivity contribution is 0.0932. The molecule has 1 aliphatic carbocycles. The van der Waals surface area contributed by atoms with Crippen LogP contribution in [0.2, 0.25) is 0 Å². The quantitative estimate of drug-likeness (QED) is 0.250. The summed E-state index contributed by atoms with van der Waals surface area (Å²) >= 11 is 1.57. The number of furan rings is 1. The molecule has 2 aliphatic rings. The maximum absolute atomic E-state index is 14.1. The van der Waals surface area contributed by atoms with Gasteiger partial charge in [0.2, 0.25) is 0 Å². The zero-order chi connectivity index (χ0) is 27.7. The van der Waals surface area contributed by atoms with Crippen molar-refractivity contribution in [3.8, 4) is 11.1 Å². The van der Waals surface area contributed by atoms with E-state index in [1.54, 1.807) is 23.9 Å². The lowest BCUT2D eigenvalue weighted by Gasteiger charge is -2.29. The summed E-state index contributed by atoms with van der Waals surface area (Å²) in [5, 5.41) is 4.65. The maximum atomic E-state index is 14.1. The van der Waals surface area contributed by atoms with Crippen LogP contribution in [0, 0.1) is 0 Å². The number of amides is 1. The Balaban J connectivity index is 1.31. The first kappa shape index (κ1) is 27.2. The number of rotatable bonds is 7. The minimum absolute atomic E-state index is 0.0217. The first-order valence-corrected chi connectivity index (χ1v) is 15.8. The number of nitrogens with one attached hydrogen (secondary N) is 1. The number of nitrogens with zero attached hydrogens (tertiary/aromatic N) is 2. The van der Waals surface area contributed by atoms with Crippen LogP contribution in [-0.2, 0) is 18.3 Å². The van der Waals surface area contributed by atoms with Crippen LogP contribution < -0.4 is 5.32 Å². The van der Waals surface area contributed by atoms with Gasteiger partial charge in [-0.1, -0.05) is 51.5 Å². The SMILES string of the molecule is CC(C)(C)c1c(C(=O)N[C@H](CCN2CCCCC2)c2ccc(-c3ccoc3)cc2)sc2nc3c(cc12)CCCC3. The predicted octanol–water partition coefficient (Wildman–Crippen LogP) is 8.08. The molecule has 0 bridgehead atoms. The van der Waals surface area contributed by atoms with Gasteiger partial charge in [-0.25, -0.2) is 4.98 Å². The summed E-state index contributed by atoms with van der Waals surface area (Å²) in [6.45, 7) is 9.94. The van der Waals surface area contributed by atoms with E-state index in [0.29, 0.717) is 0 Å². The third-order valence-corrected chi connectivity index (χ3v) is 9.67. The average molecular weight is 556 g/mol. The summed E-state index contributed by atoms with van der Waals surface area (Å²) in [7, 11) is 0.